The van der Waals surface area contributed by atoms with E-state index in [-0.39, 0.29) is 17.8 Å². The van der Waals surface area contributed by atoms with Crippen molar-refractivity contribution in [1.82, 2.24) is 19.7 Å². The summed E-state index contributed by atoms with van der Waals surface area (Å²) in [6.45, 7) is 10.1. The third-order valence-electron chi connectivity index (χ3n) is 5.43. The fourth-order valence-electron chi connectivity index (χ4n) is 3.68. The number of hydrogen-bond donors (Lipinski definition) is 1. The molecule has 0 aliphatic heterocycles. The number of allylic oxidation sites excluding steroid dienone is 1. The van der Waals surface area contributed by atoms with Crippen LogP contribution in [0.15, 0.2) is 53.5 Å². The highest BCUT2D eigenvalue weighted by Gasteiger charge is 2.21. The van der Waals surface area contributed by atoms with Crippen LogP contribution in [0.25, 0.3) is 11.3 Å². The SMILES string of the molecule is C=CCn1c(SCC(=O)Nc2nc(-c3ccc(Cl)cc3Cl)cs2)nnc1C(C)Oc1cc(C)c(Cl)c(C)c1. The van der Waals surface area contributed by atoms with E-state index >= 15 is 0 Å². The first-order valence-corrected chi connectivity index (χ1v) is 14.5. The number of ether oxygens (including phenoxy) is 1. The van der Waals surface area contributed by atoms with Crippen molar-refractivity contribution in [3.63, 3.8) is 0 Å². The van der Waals surface area contributed by atoms with Gasteiger partial charge in [0.15, 0.2) is 22.2 Å². The van der Waals surface area contributed by atoms with Gasteiger partial charge in [0.2, 0.25) is 5.91 Å². The number of thioether (sulfide) groups is 1. The lowest BCUT2D eigenvalue weighted by Crippen LogP contribution is -2.15. The first-order chi connectivity index (χ1) is 18.2. The van der Waals surface area contributed by atoms with E-state index in [4.69, 9.17) is 39.5 Å². The average Bonchev–Trinajstić information content (AvgIpc) is 3.48. The lowest BCUT2D eigenvalue weighted by molar-refractivity contribution is -0.113. The Kier molecular flexibility index (Phi) is 9.38. The highest BCUT2D eigenvalue weighted by atomic mass is 35.5. The van der Waals surface area contributed by atoms with Crippen molar-refractivity contribution in [3.8, 4) is 17.0 Å². The van der Waals surface area contributed by atoms with Gasteiger partial charge in [-0.3, -0.25) is 9.36 Å². The van der Waals surface area contributed by atoms with Gasteiger partial charge >= 0.3 is 0 Å². The van der Waals surface area contributed by atoms with Gasteiger partial charge in [-0.15, -0.1) is 28.1 Å². The van der Waals surface area contributed by atoms with Gasteiger partial charge in [0.25, 0.3) is 0 Å². The first-order valence-electron chi connectivity index (χ1n) is 11.5. The summed E-state index contributed by atoms with van der Waals surface area (Å²) in [5.74, 6) is 1.23. The van der Waals surface area contributed by atoms with Crippen molar-refractivity contribution in [2.24, 2.45) is 0 Å². The van der Waals surface area contributed by atoms with Gasteiger partial charge in [0.1, 0.15) is 5.75 Å². The standard InChI is InChI=1S/C26H24Cl3N5O2S2/c1-5-8-34-24(16(4)36-18-9-14(2)23(29)15(3)10-18)32-33-26(34)38-13-22(35)31-25-30-21(12-37-25)19-7-6-17(27)11-20(19)28/h5-7,9-12,16H,1,8,13H2,2-4H3,(H,30,31,35). The molecule has 4 aromatic rings. The maximum atomic E-state index is 12.7. The molecule has 1 amide bonds. The third-order valence-corrected chi connectivity index (χ3v) is 8.30. The molecule has 2 aromatic heterocycles. The second-order valence-electron chi connectivity index (χ2n) is 8.37. The number of halogens is 3. The molecule has 2 aromatic carbocycles. The summed E-state index contributed by atoms with van der Waals surface area (Å²) >= 11 is 21.1. The molecule has 1 atom stereocenters. The Labute approximate surface area is 244 Å². The highest BCUT2D eigenvalue weighted by Crippen LogP contribution is 2.33. The molecule has 12 heteroatoms. The molecule has 0 saturated carbocycles. The maximum absolute atomic E-state index is 12.7. The Balaban J connectivity index is 1.41. The molecule has 0 fully saturated rings. The van der Waals surface area contributed by atoms with Crippen molar-refractivity contribution in [2.45, 2.75) is 38.6 Å². The minimum atomic E-state index is -0.390. The smallest absolute Gasteiger partial charge is 0.236 e. The molecule has 7 nitrogen and oxygen atoms in total. The quantitative estimate of drug-likeness (QED) is 0.145. The molecule has 0 bridgehead atoms. The number of thiazole rings is 1. The number of rotatable bonds is 10. The number of aromatic nitrogens is 4. The van der Waals surface area contributed by atoms with Crippen molar-refractivity contribution in [1.29, 1.82) is 0 Å². The Bertz CT molecular complexity index is 1460. The zero-order valence-electron chi connectivity index (χ0n) is 20.8. The molecule has 198 valence electrons. The lowest BCUT2D eigenvalue weighted by Gasteiger charge is -2.17. The fourth-order valence-corrected chi connectivity index (χ4v) is 5.77. The number of nitrogens with one attached hydrogen (secondary N) is 1. The topological polar surface area (TPSA) is 81.9 Å². The molecule has 0 radical (unpaired) electrons. The Morgan fingerprint density at radius 2 is 1.95 bits per heavy atom. The van der Waals surface area contributed by atoms with Crippen molar-refractivity contribution >= 4 is 68.9 Å². The predicted octanol–water partition coefficient (Wildman–Crippen LogP) is 8.04. The summed E-state index contributed by atoms with van der Waals surface area (Å²) in [6, 6.07) is 8.99. The number of aryl methyl sites for hydroxylation is 2. The lowest BCUT2D eigenvalue weighted by atomic mass is 10.1. The summed E-state index contributed by atoms with van der Waals surface area (Å²) in [7, 11) is 0. The Morgan fingerprint density at radius 3 is 2.63 bits per heavy atom. The van der Waals surface area contributed by atoms with Crippen LogP contribution in [0.4, 0.5) is 5.13 Å². The minimum absolute atomic E-state index is 0.122. The second kappa shape index (κ2) is 12.5. The minimum Gasteiger partial charge on any atom is -0.483 e. The summed E-state index contributed by atoms with van der Waals surface area (Å²) in [5, 5.41) is 16.1. The average molecular weight is 609 g/mol. The molecule has 1 N–H and O–H groups in total. The monoisotopic (exact) mass is 607 g/mol. The first kappa shape index (κ1) is 28.4. The second-order valence-corrected chi connectivity index (χ2v) is 11.4. The van der Waals surface area contributed by atoms with E-state index in [9.17, 15) is 4.79 Å². The van der Waals surface area contributed by atoms with Crippen LogP contribution in [0.3, 0.4) is 0 Å². The predicted molar refractivity (Wildman–Crippen MR) is 157 cm³/mol. The van der Waals surface area contributed by atoms with Gasteiger partial charge in [0, 0.05) is 27.5 Å². The van der Waals surface area contributed by atoms with Crippen LogP contribution in [0, 0.1) is 13.8 Å². The van der Waals surface area contributed by atoms with Crippen LogP contribution >= 0.6 is 57.9 Å². The highest BCUT2D eigenvalue weighted by molar-refractivity contribution is 7.99. The van der Waals surface area contributed by atoms with E-state index < -0.39 is 0 Å². The van der Waals surface area contributed by atoms with Crippen LogP contribution in [0.2, 0.25) is 15.1 Å². The van der Waals surface area contributed by atoms with E-state index in [1.54, 1.807) is 24.3 Å². The van der Waals surface area contributed by atoms with Crippen LogP contribution < -0.4 is 10.1 Å². The molecule has 2 heterocycles. The van der Waals surface area contributed by atoms with Gasteiger partial charge < -0.3 is 10.1 Å². The molecular formula is C26H24Cl3N5O2S2. The van der Waals surface area contributed by atoms with E-state index in [2.05, 4.69) is 27.1 Å². The normalized spacial score (nSPS) is 11.8. The summed E-state index contributed by atoms with van der Waals surface area (Å²) in [6.07, 6.45) is 1.36. The molecule has 0 aliphatic rings. The molecule has 4 rings (SSSR count). The molecule has 0 spiro atoms. The van der Waals surface area contributed by atoms with Crippen LogP contribution in [-0.4, -0.2) is 31.4 Å². The zero-order valence-corrected chi connectivity index (χ0v) is 24.7. The van der Waals surface area contributed by atoms with Crippen molar-refractivity contribution in [3.05, 3.63) is 80.4 Å². The van der Waals surface area contributed by atoms with Gasteiger partial charge in [-0.1, -0.05) is 52.6 Å². The number of carbonyl (C=O) groups excluding carboxylic acids is 1. The number of anilines is 1. The third kappa shape index (κ3) is 6.71. The van der Waals surface area contributed by atoms with Gasteiger partial charge in [0.05, 0.1) is 16.5 Å². The summed E-state index contributed by atoms with van der Waals surface area (Å²) in [4.78, 5) is 17.1. The molecule has 0 saturated heterocycles. The van der Waals surface area contributed by atoms with E-state index in [0.29, 0.717) is 44.1 Å². The fraction of sp³-hybridized carbons (Fsp3) is 0.231. The van der Waals surface area contributed by atoms with Crippen molar-refractivity contribution in [2.75, 3.05) is 11.1 Å². The number of hydrogen-bond acceptors (Lipinski definition) is 7. The maximum Gasteiger partial charge on any atom is 0.236 e. The van der Waals surface area contributed by atoms with Crippen LogP contribution in [0.1, 0.15) is 30.0 Å². The zero-order chi connectivity index (χ0) is 27.4. The Hall–Kier alpha value is -2.56. The number of carbonyl (C=O) groups is 1. The van der Waals surface area contributed by atoms with E-state index in [1.165, 1.54) is 23.1 Å². The molecule has 0 aliphatic carbocycles. The molecule has 38 heavy (non-hydrogen) atoms. The van der Waals surface area contributed by atoms with Crippen LogP contribution in [0.5, 0.6) is 5.75 Å². The van der Waals surface area contributed by atoms with Gasteiger partial charge in [-0.2, -0.15) is 0 Å². The molecular weight excluding hydrogens is 585 g/mol. The van der Waals surface area contributed by atoms with Gasteiger partial charge in [-0.25, -0.2) is 4.98 Å². The van der Waals surface area contributed by atoms with E-state index in [1.807, 2.05) is 42.9 Å². The van der Waals surface area contributed by atoms with E-state index in [0.717, 1.165) is 21.7 Å². The van der Waals surface area contributed by atoms with Crippen molar-refractivity contribution < 1.29 is 9.53 Å². The molecule has 1 unspecified atom stereocenters. The Morgan fingerprint density at radius 1 is 1.21 bits per heavy atom. The number of benzene rings is 2. The summed E-state index contributed by atoms with van der Waals surface area (Å²) in [5.41, 5.74) is 3.28. The summed E-state index contributed by atoms with van der Waals surface area (Å²) < 4.78 is 8.03. The number of nitrogens with zero attached hydrogens (tertiary/aromatic N) is 4. The number of amides is 1. The largest absolute Gasteiger partial charge is 0.483 e. The van der Waals surface area contributed by atoms with Crippen LogP contribution in [-0.2, 0) is 11.3 Å². The van der Waals surface area contributed by atoms with Gasteiger partial charge in [-0.05, 0) is 62.2 Å².